The number of carbonyl (C=O) groups is 1. The maximum atomic E-state index is 12.2. The standard InChI is InChI=1S/C14H16N4O/c15-7-11-2-1-3-12(6-11)18-9-13-8-16-4-5-17(13)10-14(18)19/h1-3,6,13,16H,4-5,8-10H2. The van der Waals surface area contributed by atoms with Crippen LogP contribution in [0.2, 0.25) is 0 Å². The lowest BCUT2D eigenvalue weighted by atomic mass is 10.1. The average Bonchev–Trinajstić information content (AvgIpc) is 2.46. The Hall–Kier alpha value is -1.90. The molecular formula is C14H16N4O. The van der Waals surface area contributed by atoms with Crippen LogP contribution < -0.4 is 10.2 Å². The summed E-state index contributed by atoms with van der Waals surface area (Å²) < 4.78 is 0. The van der Waals surface area contributed by atoms with E-state index in [1.54, 1.807) is 17.0 Å². The third kappa shape index (κ3) is 2.33. The van der Waals surface area contributed by atoms with E-state index < -0.39 is 0 Å². The van der Waals surface area contributed by atoms with Gasteiger partial charge in [-0.15, -0.1) is 0 Å². The van der Waals surface area contributed by atoms with Crippen LogP contribution in [0.5, 0.6) is 0 Å². The summed E-state index contributed by atoms with van der Waals surface area (Å²) in [6, 6.07) is 9.75. The molecule has 98 valence electrons. The van der Waals surface area contributed by atoms with E-state index in [4.69, 9.17) is 5.26 Å². The Bertz CT molecular complexity index is 536. The molecule has 0 spiro atoms. The molecule has 0 radical (unpaired) electrons. The lowest BCUT2D eigenvalue weighted by molar-refractivity contribution is -0.122. The van der Waals surface area contributed by atoms with Crippen molar-refractivity contribution >= 4 is 11.6 Å². The van der Waals surface area contributed by atoms with Crippen molar-refractivity contribution in [1.29, 1.82) is 5.26 Å². The topological polar surface area (TPSA) is 59.4 Å². The fraction of sp³-hybridized carbons (Fsp3) is 0.429. The Morgan fingerprint density at radius 2 is 2.32 bits per heavy atom. The Labute approximate surface area is 112 Å². The Balaban J connectivity index is 1.84. The molecule has 2 saturated heterocycles. The van der Waals surface area contributed by atoms with Gasteiger partial charge in [-0.25, -0.2) is 0 Å². The van der Waals surface area contributed by atoms with Crippen LogP contribution in [-0.2, 0) is 4.79 Å². The molecule has 1 aromatic carbocycles. The van der Waals surface area contributed by atoms with Gasteiger partial charge in [-0.05, 0) is 18.2 Å². The Morgan fingerprint density at radius 3 is 3.16 bits per heavy atom. The van der Waals surface area contributed by atoms with Crippen molar-refractivity contribution < 1.29 is 4.79 Å². The highest BCUT2D eigenvalue weighted by atomic mass is 16.2. The largest absolute Gasteiger partial charge is 0.314 e. The highest BCUT2D eigenvalue weighted by Gasteiger charge is 2.34. The van der Waals surface area contributed by atoms with Crippen molar-refractivity contribution in [3.05, 3.63) is 29.8 Å². The van der Waals surface area contributed by atoms with Gasteiger partial charge in [0, 0.05) is 37.9 Å². The third-order valence-electron chi connectivity index (χ3n) is 3.79. The van der Waals surface area contributed by atoms with E-state index in [0.717, 1.165) is 25.3 Å². The van der Waals surface area contributed by atoms with Crippen molar-refractivity contribution in [2.45, 2.75) is 6.04 Å². The highest BCUT2D eigenvalue weighted by molar-refractivity contribution is 5.95. The molecule has 1 N–H and O–H groups in total. The van der Waals surface area contributed by atoms with Crippen molar-refractivity contribution in [2.75, 3.05) is 37.6 Å². The van der Waals surface area contributed by atoms with E-state index >= 15 is 0 Å². The number of rotatable bonds is 1. The van der Waals surface area contributed by atoms with Gasteiger partial charge < -0.3 is 10.2 Å². The van der Waals surface area contributed by atoms with Gasteiger partial charge in [0.25, 0.3) is 0 Å². The Kier molecular flexibility index (Phi) is 3.20. The lowest BCUT2D eigenvalue weighted by Gasteiger charge is -2.43. The zero-order valence-corrected chi connectivity index (χ0v) is 10.7. The molecule has 3 rings (SSSR count). The minimum absolute atomic E-state index is 0.119. The number of benzene rings is 1. The SMILES string of the molecule is N#Cc1cccc(N2CC3CNCCN3CC2=O)c1. The molecule has 1 unspecified atom stereocenters. The lowest BCUT2D eigenvalue weighted by Crippen LogP contribution is -2.63. The van der Waals surface area contributed by atoms with Gasteiger partial charge in [-0.1, -0.05) is 6.07 Å². The van der Waals surface area contributed by atoms with E-state index in [1.807, 2.05) is 12.1 Å². The van der Waals surface area contributed by atoms with Gasteiger partial charge >= 0.3 is 0 Å². The number of nitrogens with zero attached hydrogens (tertiary/aromatic N) is 3. The minimum atomic E-state index is 0.119. The van der Waals surface area contributed by atoms with E-state index in [0.29, 0.717) is 24.7 Å². The maximum Gasteiger partial charge on any atom is 0.241 e. The number of piperazine rings is 2. The molecule has 1 atom stereocenters. The molecule has 0 saturated carbocycles. The van der Waals surface area contributed by atoms with Gasteiger partial charge in [-0.3, -0.25) is 9.69 Å². The number of hydrogen-bond donors (Lipinski definition) is 1. The normalized spacial score (nSPS) is 23.8. The Morgan fingerprint density at radius 1 is 1.42 bits per heavy atom. The number of carbonyl (C=O) groups excluding carboxylic acids is 1. The summed E-state index contributed by atoms with van der Waals surface area (Å²) in [6.07, 6.45) is 0. The molecule has 2 heterocycles. The molecule has 0 aromatic heterocycles. The first-order chi connectivity index (χ1) is 9.28. The third-order valence-corrected chi connectivity index (χ3v) is 3.79. The van der Waals surface area contributed by atoms with Crippen molar-refractivity contribution in [3.8, 4) is 6.07 Å². The average molecular weight is 256 g/mol. The molecule has 5 heteroatoms. The van der Waals surface area contributed by atoms with E-state index in [-0.39, 0.29) is 5.91 Å². The number of fused-ring (bicyclic) bond motifs is 1. The summed E-state index contributed by atoms with van der Waals surface area (Å²) in [5.74, 6) is 0.119. The zero-order chi connectivity index (χ0) is 13.2. The molecule has 5 nitrogen and oxygen atoms in total. The molecule has 0 bridgehead atoms. The van der Waals surface area contributed by atoms with E-state index in [9.17, 15) is 4.79 Å². The fourth-order valence-corrected chi connectivity index (χ4v) is 2.76. The number of hydrogen-bond acceptors (Lipinski definition) is 4. The number of nitriles is 1. The van der Waals surface area contributed by atoms with Crippen molar-refractivity contribution in [3.63, 3.8) is 0 Å². The quantitative estimate of drug-likeness (QED) is 0.778. The summed E-state index contributed by atoms with van der Waals surface area (Å²) in [6.45, 7) is 3.97. The second-order valence-corrected chi connectivity index (χ2v) is 4.99. The van der Waals surface area contributed by atoms with E-state index in [1.165, 1.54) is 0 Å². The number of anilines is 1. The van der Waals surface area contributed by atoms with Crippen molar-refractivity contribution in [1.82, 2.24) is 10.2 Å². The molecule has 2 aliphatic heterocycles. The van der Waals surface area contributed by atoms with Crippen LogP contribution in [-0.4, -0.2) is 49.6 Å². The van der Waals surface area contributed by atoms with Crippen molar-refractivity contribution in [2.24, 2.45) is 0 Å². The van der Waals surface area contributed by atoms with Gasteiger partial charge in [0.2, 0.25) is 5.91 Å². The predicted octanol–water partition coefficient (Wildman–Crippen LogP) is 0.179. The fourth-order valence-electron chi connectivity index (χ4n) is 2.76. The molecule has 1 amide bonds. The first-order valence-corrected chi connectivity index (χ1v) is 6.53. The molecule has 0 aliphatic carbocycles. The predicted molar refractivity (Wildman–Crippen MR) is 71.7 cm³/mol. The monoisotopic (exact) mass is 256 g/mol. The van der Waals surface area contributed by atoms with Crippen LogP contribution in [0.1, 0.15) is 5.56 Å². The summed E-state index contributed by atoms with van der Waals surface area (Å²) >= 11 is 0. The molecule has 1 aromatic rings. The number of amides is 1. The minimum Gasteiger partial charge on any atom is -0.314 e. The number of nitrogens with one attached hydrogen (secondary N) is 1. The van der Waals surface area contributed by atoms with Gasteiger partial charge in [0.1, 0.15) is 0 Å². The molecular weight excluding hydrogens is 240 g/mol. The van der Waals surface area contributed by atoms with Gasteiger partial charge in [0.15, 0.2) is 0 Å². The molecule has 19 heavy (non-hydrogen) atoms. The summed E-state index contributed by atoms with van der Waals surface area (Å²) in [5.41, 5.74) is 1.42. The van der Waals surface area contributed by atoms with Crippen LogP contribution in [0.4, 0.5) is 5.69 Å². The van der Waals surface area contributed by atoms with Crippen LogP contribution in [0, 0.1) is 11.3 Å². The van der Waals surface area contributed by atoms with Crippen LogP contribution in [0.25, 0.3) is 0 Å². The van der Waals surface area contributed by atoms with Crippen LogP contribution in [0.15, 0.2) is 24.3 Å². The van der Waals surface area contributed by atoms with Crippen LogP contribution >= 0.6 is 0 Å². The molecule has 2 aliphatic rings. The first-order valence-electron chi connectivity index (χ1n) is 6.53. The zero-order valence-electron chi connectivity index (χ0n) is 10.7. The maximum absolute atomic E-state index is 12.2. The second-order valence-electron chi connectivity index (χ2n) is 4.99. The van der Waals surface area contributed by atoms with Gasteiger partial charge in [-0.2, -0.15) is 5.26 Å². The van der Waals surface area contributed by atoms with Crippen LogP contribution in [0.3, 0.4) is 0 Å². The second kappa shape index (κ2) is 5.00. The highest BCUT2D eigenvalue weighted by Crippen LogP contribution is 2.21. The first kappa shape index (κ1) is 12.2. The van der Waals surface area contributed by atoms with E-state index in [2.05, 4.69) is 16.3 Å². The molecule has 2 fully saturated rings. The summed E-state index contributed by atoms with van der Waals surface area (Å²) in [7, 11) is 0. The smallest absolute Gasteiger partial charge is 0.241 e. The van der Waals surface area contributed by atoms with Gasteiger partial charge in [0.05, 0.1) is 18.2 Å². The summed E-state index contributed by atoms with van der Waals surface area (Å²) in [4.78, 5) is 16.3. The summed E-state index contributed by atoms with van der Waals surface area (Å²) in [5, 5.41) is 12.3.